The monoisotopic (exact) mass is 877 g/mol. The molecule has 0 fully saturated rings. The highest BCUT2D eigenvalue weighted by molar-refractivity contribution is 5.71. The lowest BCUT2D eigenvalue weighted by Gasteiger charge is -2.18. The summed E-state index contributed by atoms with van der Waals surface area (Å²) in [6.07, 6.45) is 50.8. The number of carbonyl (C=O) groups is 3. The zero-order chi connectivity index (χ0) is 45.4. The highest BCUT2D eigenvalue weighted by Gasteiger charge is 2.19. The van der Waals surface area contributed by atoms with Crippen LogP contribution in [-0.4, -0.2) is 37.2 Å². The van der Waals surface area contributed by atoms with Crippen molar-refractivity contribution in [2.24, 2.45) is 11.8 Å². The van der Waals surface area contributed by atoms with Gasteiger partial charge >= 0.3 is 17.9 Å². The van der Waals surface area contributed by atoms with Crippen LogP contribution in [0.1, 0.15) is 311 Å². The van der Waals surface area contributed by atoms with Gasteiger partial charge in [-0.05, 0) is 31.1 Å². The van der Waals surface area contributed by atoms with Crippen LogP contribution >= 0.6 is 0 Å². The van der Waals surface area contributed by atoms with E-state index >= 15 is 0 Å². The smallest absolute Gasteiger partial charge is 0.306 e. The summed E-state index contributed by atoms with van der Waals surface area (Å²) in [5.41, 5.74) is 0. The summed E-state index contributed by atoms with van der Waals surface area (Å²) in [6, 6.07) is 0. The molecule has 0 aliphatic heterocycles. The predicted molar refractivity (Wildman–Crippen MR) is 266 cm³/mol. The van der Waals surface area contributed by atoms with Crippen LogP contribution in [0.15, 0.2) is 0 Å². The van der Waals surface area contributed by atoms with Gasteiger partial charge in [-0.2, -0.15) is 0 Å². The third kappa shape index (κ3) is 47.9. The molecule has 0 aromatic heterocycles. The van der Waals surface area contributed by atoms with Gasteiger partial charge in [0.15, 0.2) is 6.10 Å². The van der Waals surface area contributed by atoms with Crippen LogP contribution in [0.5, 0.6) is 0 Å². The van der Waals surface area contributed by atoms with E-state index in [9.17, 15) is 14.4 Å². The van der Waals surface area contributed by atoms with Gasteiger partial charge in [0.1, 0.15) is 13.2 Å². The molecule has 368 valence electrons. The van der Waals surface area contributed by atoms with Crippen molar-refractivity contribution in [2.45, 2.75) is 317 Å². The van der Waals surface area contributed by atoms with Crippen molar-refractivity contribution >= 4 is 17.9 Å². The molecule has 0 amide bonds. The van der Waals surface area contributed by atoms with E-state index in [1.807, 2.05) is 0 Å². The number of esters is 3. The van der Waals surface area contributed by atoms with Crippen molar-refractivity contribution in [1.29, 1.82) is 0 Å². The molecule has 2 atom stereocenters. The fourth-order valence-corrected chi connectivity index (χ4v) is 8.49. The van der Waals surface area contributed by atoms with Crippen molar-refractivity contribution in [3.8, 4) is 0 Å². The van der Waals surface area contributed by atoms with Crippen molar-refractivity contribution < 1.29 is 28.6 Å². The van der Waals surface area contributed by atoms with Crippen LogP contribution in [0.3, 0.4) is 0 Å². The van der Waals surface area contributed by atoms with Crippen LogP contribution < -0.4 is 0 Å². The second-order valence-corrected chi connectivity index (χ2v) is 19.9. The number of hydrogen-bond donors (Lipinski definition) is 0. The SMILES string of the molecule is CCCCCCCCCCCCCCCCCC(=O)OC[C@@H](COC(=O)CCCCCCCCCCC(C)CC)OC(=O)CCCCCCCCCCCCCCCCC(C)C. The fourth-order valence-electron chi connectivity index (χ4n) is 8.49. The Balaban J connectivity index is 4.30. The van der Waals surface area contributed by atoms with Crippen molar-refractivity contribution in [3.05, 3.63) is 0 Å². The van der Waals surface area contributed by atoms with Crippen LogP contribution in [0, 0.1) is 11.8 Å². The Kier molecular flexibility index (Phi) is 47.6. The summed E-state index contributed by atoms with van der Waals surface area (Å²) in [5.74, 6) is 0.848. The number of ether oxygens (including phenoxy) is 3. The molecule has 0 saturated carbocycles. The minimum Gasteiger partial charge on any atom is -0.462 e. The first kappa shape index (κ1) is 60.4. The minimum absolute atomic E-state index is 0.0632. The topological polar surface area (TPSA) is 78.9 Å². The minimum atomic E-state index is -0.762. The molecule has 0 heterocycles. The van der Waals surface area contributed by atoms with Crippen LogP contribution in [0.25, 0.3) is 0 Å². The Bertz CT molecular complexity index is 949. The van der Waals surface area contributed by atoms with Gasteiger partial charge in [0.25, 0.3) is 0 Å². The Morgan fingerprint density at radius 1 is 0.339 bits per heavy atom. The van der Waals surface area contributed by atoms with Gasteiger partial charge < -0.3 is 14.2 Å². The lowest BCUT2D eigenvalue weighted by Crippen LogP contribution is -2.30. The number of unbranched alkanes of at least 4 members (excludes halogenated alkanes) is 34. The van der Waals surface area contributed by atoms with E-state index in [1.54, 1.807) is 0 Å². The molecule has 6 heteroatoms. The van der Waals surface area contributed by atoms with Crippen molar-refractivity contribution in [2.75, 3.05) is 13.2 Å². The lowest BCUT2D eigenvalue weighted by atomic mass is 9.99. The molecule has 0 radical (unpaired) electrons. The van der Waals surface area contributed by atoms with E-state index in [1.165, 1.54) is 199 Å². The molecule has 0 aromatic rings. The van der Waals surface area contributed by atoms with Gasteiger partial charge in [-0.25, -0.2) is 0 Å². The highest BCUT2D eigenvalue weighted by Crippen LogP contribution is 2.18. The zero-order valence-electron chi connectivity index (χ0n) is 42.5. The molecule has 1 unspecified atom stereocenters. The third-order valence-electron chi connectivity index (χ3n) is 13.1. The second-order valence-electron chi connectivity index (χ2n) is 19.9. The maximum Gasteiger partial charge on any atom is 0.306 e. The van der Waals surface area contributed by atoms with Crippen LogP contribution in [-0.2, 0) is 28.6 Å². The first-order valence-corrected chi connectivity index (χ1v) is 27.8. The summed E-state index contributed by atoms with van der Waals surface area (Å²) in [4.78, 5) is 38.1. The van der Waals surface area contributed by atoms with Crippen LogP contribution in [0.4, 0.5) is 0 Å². The Morgan fingerprint density at radius 2 is 0.613 bits per heavy atom. The molecule has 0 N–H and O–H groups in total. The summed E-state index contributed by atoms with van der Waals surface area (Å²) >= 11 is 0. The van der Waals surface area contributed by atoms with Gasteiger partial charge in [-0.3, -0.25) is 14.4 Å². The molecule has 0 rings (SSSR count). The third-order valence-corrected chi connectivity index (χ3v) is 13.1. The molecule has 0 aliphatic rings. The Labute approximate surface area is 387 Å². The zero-order valence-corrected chi connectivity index (χ0v) is 42.5. The summed E-state index contributed by atoms with van der Waals surface area (Å²) in [7, 11) is 0. The normalized spacial score (nSPS) is 12.5. The van der Waals surface area contributed by atoms with E-state index in [2.05, 4.69) is 34.6 Å². The second kappa shape index (κ2) is 48.9. The predicted octanol–water partition coefficient (Wildman–Crippen LogP) is 18.1. The Morgan fingerprint density at radius 3 is 0.919 bits per heavy atom. The molecule has 0 aromatic carbocycles. The van der Waals surface area contributed by atoms with E-state index in [-0.39, 0.29) is 31.1 Å². The molecule has 0 aliphatic carbocycles. The van der Waals surface area contributed by atoms with Gasteiger partial charge in [0.05, 0.1) is 0 Å². The quantitative estimate of drug-likeness (QED) is 0.0344. The maximum atomic E-state index is 12.8. The Hall–Kier alpha value is -1.59. The van der Waals surface area contributed by atoms with E-state index in [0.29, 0.717) is 19.3 Å². The van der Waals surface area contributed by atoms with Crippen LogP contribution in [0.2, 0.25) is 0 Å². The van der Waals surface area contributed by atoms with Gasteiger partial charge in [0, 0.05) is 19.3 Å². The van der Waals surface area contributed by atoms with Gasteiger partial charge in [-0.1, -0.05) is 272 Å². The van der Waals surface area contributed by atoms with Gasteiger partial charge in [-0.15, -0.1) is 0 Å². The first-order chi connectivity index (χ1) is 30.3. The number of hydrogen-bond acceptors (Lipinski definition) is 6. The largest absolute Gasteiger partial charge is 0.462 e. The molecule has 62 heavy (non-hydrogen) atoms. The van der Waals surface area contributed by atoms with E-state index in [0.717, 1.165) is 69.6 Å². The lowest BCUT2D eigenvalue weighted by molar-refractivity contribution is -0.167. The molecular formula is C56H108O6. The highest BCUT2D eigenvalue weighted by atomic mass is 16.6. The van der Waals surface area contributed by atoms with E-state index in [4.69, 9.17) is 14.2 Å². The molecule has 0 saturated heterocycles. The maximum absolute atomic E-state index is 12.8. The number of carbonyl (C=O) groups excluding carboxylic acids is 3. The first-order valence-electron chi connectivity index (χ1n) is 27.8. The standard InChI is InChI=1S/C56H108O6/c1-6-8-9-10-11-12-13-14-15-19-22-25-31-36-41-46-54(57)60-49-53(50-61-55(58)47-42-37-32-28-27-30-35-40-45-52(5)7-2)62-56(59)48-43-38-33-26-23-20-17-16-18-21-24-29-34-39-44-51(3)4/h51-53H,6-50H2,1-5H3/t52?,53-/m0/s1. The average Bonchev–Trinajstić information content (AvgIpc) is 3.26. The van der Waals surface area contributed by atoms with E-state index < -0.39 is 6.10 Å². The molecular weight excluding hydrogens is 769 g/mol. The summed E-state index contributed by atoms with van der Waals surface area (Å²) < 4.78 is 16.9. The molecule has 6 nitrogen and oxygen atoms in total. The van der Waals surface area contributed by atoms with Crippen molar-refractivity contribution in [1.82, 2.24) is 0 Å². The molecule has 0 bridgehead atoms. The van der Waals surface area contributed by atoms with Gasteiger partial charge in [0.2, 0.25) is 0 Å². The summed E-state index contributed by atoms with van der Waals surface area (Å²) in [5, 5.41) is 0. The fraction of sp³-hybridized carbons (Fsp3) is 0.946. The van der Waals surface area contributed by atoms with Crippen molar-refractivity contribution in [3.63, 3.8) is 0 Å². The average molecular weight is 877 g/mol. The number of rotatable bonds is 50. The summed E-state index contributed by atoms with van der Waals surface area (Å²) in [6.45, 7) is 11.4. The molecule has 0 spiro atoms.